The number of nitrogens with one attached hydrogen (secondary N) is 1. The molecule has 1 aliphatic heterocycles. The fourth-order valence-corrected chi connectivity index (χ4v) is 3.18. The molecule has 0 radical (unpaired) electrons. The third kappa shape index (κ3) is 5.15. The third-order valence-corrected chi connectivity index (χ3v) is 4.49. The molecule has 0 aromatic heterocycles. The molecule has 2 rings (SSSR count). The van der Waals surface area contributed by atoms with Gasteiger partial charge in [-0.25, -0.2) is 0 Å². The van der Waals surface area contributed by atoms with E-state index in [1.807, 2.05) is 18.2 Å². The van der Waals surface area contributed by atoms with E-state index in [9.17, 15) is 0 Å². The largest absolute Gasteiger partial charge is 0.496 e. The van der Waals surface area contributed by atoms with Gasteiger partial charge in [0.15, 0.2) is 0 Å². The molecule has 0 spiro atoms. The van der Waals surface area contributed by atoms with Gasteiger partial charge >= 0.3 is 0 Å². The molecule has 6 heteroatoms. The summed E-state index contributed by atoms with van der Waals surface area (Å²) in [6.45, 7) is 8.79. The zero-order valence-corrected chi connectivity index (χ0v) is 16.1. The first kappa shape index (κ1) is 22.3. The fraction of sp³-hybridized carbons (Fsp3) is 0.647. The highest BCUT2D eigenvalue weighted by Gasteiger charge is 2.31. The van der Waals surface area contributed by atoms with Gasteiger partial charge in [0.05, 0.1) is 19.8 Å². The molecule has 4 nitrogen and oxygen atoms in total. The van der Waals surface area contributed by atoms with E-state index >= 15 is 0 Å². The van der Waals surface area contributed by atoms with E-state index in [0.29, 0.717) is 12.0 Å². The molecular formula is C17H30Cl2N2O2. The second kappa shape index (κ2) is 11.0. The summed E-state index contributed by atoms with van der Waals surface area (Å²) >= 11 is 0. The zero-order valence-electron chi connectivity index (χ0n) is 14.5. The number of hydrogen-bond acceptors (Lipinski definition) is 4. The Balaban J connectivity index is 0.00000242. The molecular weight excluding hydrogens is 335 g/mol. The van der Waals surface area contributed by atoms with Crippen LogP contribution in [0.2, 0.25) is 0 Å². The molecule has 1 aromatic rings. The van der Waals surface area contributed by atoms with Gasteiger partial charge < -0.3 is 14.8 Å². The molecule has 1 fully saturated rings. The number of rotatable bonds is 6. The summed E-state index contributed by atoms with van der Waals surface area (Å²) in [5, 5.41) is 3.43. The Kier molecular flexibility index (Phi) is 10.7. The molecule has 0 bridgehead atoms. The molecule has 1 unspecified atom stereocenters. The van der Waals surface area contributed by atoms with Gasteiger partial charge in [-0.3, -0.25) is 4.90 Å². The smallest absolute Gasteiger partial charge is 0.127 e. The first-order chi connectivity index (χ1) is 10.2. The van der Waals surface area contributed by atoms with Crippen molar-refractivity contribution in [1.29, 1.82) is 0 Å². The number of hydrogen-bond donors (Lipinski definition) is 1. The number of piperazine rings is 1. The van der Waals surface area contributed by atoms with E-state index in [4.69, 9.17) is 9.47 Å². The lowest BCUT2D eigenvalue weighted by molar-refractivity contribution is 0.123. The molecule has 2 atom stereocenters. The molecule has 1 heterocycles. The van der Waals surface area contributed by atoms with Crippen molar-refractivity contribution < 1.29 is 9.47 Å². The van der Waals surface area contributed by atoms with Gasteiger partial charge in [0, 0.05) is 32.2 Å². The van der Waals surface area contributed by atoms with Gasteiger partial charge in [0.1, 0.15) is 11.5 Å². The second-order valence-electron chi connectivity index (χ2n) is 5.69. The Morgan fingerprint density at radius 2 is 1.61 bits per heavy atom. The maximum atomic E-state index is 5.63. The average Bonchev–Trinajstić information content (AvgIpc) is 2.55. The molecule has 134 valence electrons. The number of benzene rings is 1. The SMILES string of the molecule is CCC(C)[C@H](c1c(OC)cccc1OC)N1CCNCC1.Cl.Cl. The molecule has 0 saturated carbocycles. The van der Waals surface area contributed by atoms with E-state index in [-0.39, 0.29) is 24.8 Å². The lowest BCUT2D eigenvalue weighted by atomic mass is 9.89. The Bertz CT molecular complexity index is 432. The van der Waals surface area contributed by atoms with E-state index < -0.39 is 0 Å². The molecule has 1 saturated heterocycles. The fourth-order valence-electron chi connectivity index (χ4n) is 3.18. The van der Waals surface area contributed by atoms with Crippen LogP contribution in [-0.4, -0.2) is 45.3 Å². The number of halogens is 2. The molecule has 0 amide bonds. The van der Waals surface area contributed by atoms with Crippen LogP contribution in [0, 0.1) is 5.92 Å². The van der Waals surface area contributed by atoms with Crippen LogP contribution in [0.4, 0.5) is 0 Å². The predicted molar refractivity (Wildman–Crippen MR) is 101 cm³/mol. The number of ether oxygens (including phenoxy) is 2. The zero-order chi connectivity index (χ0) is 15.2. The standard InChI is InChI=1S/C17H28N2O2.2ClH/c1-5-13(2)17(19-11-9-18-10-12-19)16-14(20-3)7-6-8-15(16)21-4;;/h6-8,13,17-18H,5,9-12H2,1-4H3;2*1H/t13?,17-;;/m1../s1. The van der Waals surface area contributed by atoms with Crippen molar-refractivity contribution in [3.8, 4) is 11.5 Å². The third-order valence-electron chi connectivity index (χ3n) is 4.49. The van der Waals surface area contributed by atoms with Crippen LogP contribution >= 0.6 is 24.8 Å². The lowest BCUT2D eigenvalue weighted by Crippen LogP contribution is -2.46. The normalized spacial score (nSPS) is 17.4. The van der Waals surface area contributed by atoms with Gasteiger partial charge in [-0.2, -0.15) is 0 Å². The van der Waals surface area contributed by atoms with Crippen LogP contribution in [0.5, 0.6) is 11.5 Å². The van der Waals surface area contributed by atoms with Crippen molar-refractivity contribution in [2.75, 3.05) is 40.4 Å². The van der Waals surface area contributed by atoms with Crippen molar-refractivity contribution in [2.24, 2.45) is 5.92 Å². The highest BCUT2D eigenvalue weighted by molar-refractivity contribution is 5.85. The summed E-state index contributed by atoms with van der Waals surface area (Å²) in [5.41, 5.74) is 1.19. The lowest BCUT2D eigenvalue weighted by Gasteiger charge is -2.39. The quantitative estimate of drug-likeness (QED) is 0.836. The Morgan fingerprint density at radius 1 is 1.09 bits per heavy atom. The molecule has 1 N–H and O–H groups in total. The molecule has 23 heavy (non-hydrogen) atoms. The van der Waals surface area contributed by atoms with E-state index in [0.717, 1.165) is 44.1 Å². The van der Waals surface area contributed by atoms with Crippen molar-refractivity contribution in [2.45, 2.75) is 26.3 Å². The summed E-state index contributed by atoms with van der Waals surface area (Å²) < 4.78 is 11.3. The van der Waals surface area contributed by atoms with Crippen LogP contribution in [0.15, 0.2) is 18.2 Å². The molecule has 1 aliphatic rings. The first-order valence-corrected chi connectivity index (χ1v) is 7.88. The highest BCUT2D eigenvalue weighted by atomic mass is 35.5. The van der Waals surface area contributed by atoms with Crippen LogP contribution in [-0.2, 0) is 0 Å². The average molecular weight is 365 g/mol. The van der Waals surface area contributed by atoms with E-state index in [1.165, 1.54) is 5.56 Å². The summed E-state index contributed by atoms with van der Waals surface area (Å²) in [7, 11) is 3.48. The molecule has 1 aromatic carbocycles. The predicted octanol–water partition coefficient (Wildman–Crippen LogP) is 3.54. The van der Waals surface area contributed by atoms with Crippen LogP contribution in [0.1, 0.15) is 31.9 Å². The van der Waals surface area contributed by atoms with Crippen LogP contribution in [0.3, 0.4) is 0 Å². The maximum Gasteiger partial charge on any atom is 0.127 e. The maximum absolute atomic E-state index is 5.63. The van der Waals surface area contributed by atoms with Crippen molar-refractivity contribution in [1.82, 2.24) is 10.2 Å². The minimum Gasteiger partial charge on any atom is -0.496 e. The van der Waals surface area contributed by atoms with Gasteiger partial charge in [-0.1, -0.05) is 26.3 Å². The summed E-state index contributed by atoms with van der Waals surface area (Å²) in [6.07, 6.45) is 1.13. The van der Waals surface area contributed by atoms with Crippen molar-refractivity contribution in [3.63, 3.8) is 0 Å². The van der Waals surface area contributed by atoms with E-state index in [2.05, 4.69) is 24.1 Å². The number of nitrogens with zero attached hydrogens (tertiary/aromatic N) is 1. The van der Waals surface area contributed by atoms with Crippen molar-refractivity contribution in [3.05, 3.63) is 23.8 Å². The van der Waals surface area contributed by atoms with Gasteiger partial charge in [-0.15, -0.1) is 24.8 Å². The number of methoxy groups -OCH3 is 2. The highest BCUT2D eigenvalue weighted by Crippen LogP contribution is 2.41. The van der Waals surface area contributed by atoms with E-state index in [1.54, 1.807) is 14.2 Å². The van der Waals surface area contributed by atoms with Gasteiger partial charge in [0.25, 0.3) is 0 Å². The Morgan fingerprint density at radius 3 is 2.04 bits per heavy atom. The first-order valence-electron chi connectivity index (χ1n) is 7.88. The van der Waals surface area contributed by atoms with Gasteiger partial charge in [-0.05, 0) is 18.1 Å². The Hall–Kier alpha value is -0.680. The minimum atomic E-state index is 0. The summed E-state index contributed by atoms with van der Waals surface area (Å²) in [4.78, 5) is 2.56. The topological polar surface area (TPSA) is 33.7 Å². The van der Waals surface area contributed by atoms with Crippen LogP contribution in [0.25, 0.3) is 0 Å². The molecule has 0 aliphatic carbocycles. The summed E-state index contributed by atoms with van der Waals surface area (Å²) in [6, 6.07) is 6.40. The van der Waals surface area contributed by atoms with Crippen LogP contribution < -0.4 is 14.8 Å². The second-order valence-corrected chi connectivity index (χ2v) is 5.69. The Labute approximate surface area is 152 Å². The summed E-state index contributed by atoms with van der Waals surface area (Å²) in [5.74, 6) is 2.41. The monoisotopic (exact) mass is 364 g/mol. The minimum absolute atomic E-state index is 0. The van der Waals surface area contributed by atoms with Gasteiger partial charge in [0.2, 0.25) is 0 Å². The van der Waals surface area contributed by atoms with Crippen molar-refractivity contribution >= 4 is 24.8 Å².